The Labute approximate surface area is 91.0 Å². The summed E-state index contributed by atoms with van der Waals surface area (Å²) in [7, 11) is 0. The Balaban J connectivity index is 2.11. The van der Waals surface area contributed by atoms with E-state index in [9.17, 15) is 9.59 Å². The Morgan fingerprint density at radius 1 is 1.20 bits per heavy atom. The van der Waals surface area contributed by atoms with Crippen LogP contribution in [0.4, 0.5) is 0 Å². The molecule has 0 N–H and O–H groups in total. The molecule has 0 aliphatic carbocycles. The molecule has 0 atom stereocenters. The van der Waals surface area contributed by atoms with E-state index < -0.39 is 0 Å². The van der Waals surface area contributed by atoms with Gasteiger partial charge in [0.1, 0.15) is 0 Å². The van der Waals surface area contributed by atoms with Crippen LogP contribution in [0.2, 0.25) is 5.15 Å². The number of halogens is 1. The molecule has 0 spiro atoms. The van der Waals surface area contributed by atoms with Crippen molar-refractivity contribution in [1.82, 2.24) is 15.1 Å². The molecule has 5 nitrogen and oxygen atoms in total. The molecule has 0 unspecified atom stereocenters. The lowest BCUT2D eigenvalue weighted by Gasteiger charge is -2.11. The average Bonchev–Trinajstić information content (AvgIpc) is 2.53. The monoisotopic (exact) mass is 225 g/mol. The molecule has 1 aromatic rings. The van der Waals surface area contributed by atoms with Crippen LogP contribution in [0.15, 0.2) is 12.1 Å². The minimum atomic E-state index is -0.156. The number of carbonyl (C=O) groups is 2. The standard InChI is InChI=1S/C9H8ClN3O2/c10-7-2-1-6(11-12-7)5-13-8(14)3-4-9(13)15/h1-2H,3-5H2. The maximum atomic E-state index is 11.3. The van der Waals surface area contributed by atoms with Gasteiger partial charge in [-0.05, 0) is 12.1 Å². The summed E-state index contributed by atoms with van der Waals surface area (Å²) in [5.41, 5.74) is 0.558. The van der Waals surface area contributed by atoms with Crippen molar-refractivity contribution >= 4 is 23.4 Å². The number of aromatic nitrogens is 2. The van der Waals surface area contributed by atoms with E-state index in [1.54, 1.807) is 12.1 Å². The molecule has 1 aromatic heterocycles. The van der Waals surface area contributed by atoms with Crippen LogP contribution in [0.1, 0.15) is 18.5 Å². The smallest absolute Gasteiger partial charge is 0.230 e. The lowest BCUT2D eigenvalue weighted by molar-refractivity contribution is -0.139. The third-order valence-electron chi connectivity index (χ3n) is 2.16. The number of rotatable bonds is 2. The summed E-state index contributed by atoms with van der Waals surface area (Å²) >= 11 is 5.56. The van der Waals surface area contributed by atoms with Gasteiger partial charge in [-0.1, -0.05) is 11.6 Å². The van der Waals surface area contributed by atoms with Crippen molar-refractivity contribution in [2.24, 2.45) is 0 Å². The highest BCUT2D eigenvalue weighted by Crippen LogP contribution is 2.14. The zero-order valence-corrected chi connectivity index (χ0v) is 8.57. The topological polar surface area (TPSA) is 63.2 Å². The van der Waals surface area contributed by atoms with E-state index in [1.165, 1.54) is 4.90 Å². The Hall–Kier alpha value is -1.49. The number of amides is 2. The zero-order valence-electron chi connectivity index (χ0n) is 7.81. The fourth-order valence-corrected chi connectivity index (χ4v) is 1.49. The van der Waals surface area contributed by atoms with E-state index in [0.29, 0.717) is 18.5 Å². The van der Waals surface area contributed by atoms with Gasteiger partial charge in [0, 0.05) is 12.8 Å². The number of hydrogen-bond acceptors (Lipinski definition) is 4. The SMILES string of the molecule is O=C1CCC(=O)N1Cc1ccc(Cl)nn1. The predicted molar refractivity (Wildman–Crippen MR) is 51.8 cm³/mol. The van der Waals surface area contributed by atoms with E-state index in [1.807, 2.05) is 0 Å². The number of nitrogens with zero attached hydrogens (tertiary/aromatic N) is 3. The quantitative estimate of drug-likeness (QED) is 0.698. The Bertz CT molecular complexity index is 388. The van der Waals surface area contributed by atoms with Crippen LogP contribution in [-0.2, 0) is 16.1 Å². The minimum absolute atomic E-state index is 0.156. The third kappa shape index (κ3) is 2.12. The summed E-state index contributed by atoms with van der Waals surface area (Å²) in [5, 5.41) is 7.71. The molecule has 15 heavy (non-hydrogen) atoms. The molecule has 1 fully saturated rings. The molecule has 78 valence electrons. The van der Waals surface area contributed by atoms with Crippen LogP contribution < -0.4 is 0 Å². The van der Waals surface area contributed by atoms with Crippen molar-refractivity contribution in [1.29, 1.82) is 0 Å². The van der Waals surface area contributed by atoms with Crippen molar-refractivity contribution in [3.05, 3.63) is 23.0 Å². The third-order valence-corrected chi connectivity index (χ3v) is 2.36. The second-order valence-electron chi connectivity index (χ2n) is 3.22. The van der Waals surface area contributed by atoms with Crippen LogP contribution >= 0.6 is 11.6 Å². The van der Waals surface area contributed by atoms with Crippen molar-refractivity contribution in [2.45, 2.75) is 19.4 Å². The van der Waals surface area contributed by atoms with Gasteiger partial charge < -0.3 is 0 Å². The Morgan fingerprint density at radius 2 is 1.87 bits per heavy atom. The van der Waals surface area contributed by atoms with Crippen molar-refractivity contribution < 1.29 is 9.59 Å². The van der Waals surface area contributed by atoms with Gasteiger partial charge in [0.15, 0.2) is 5.15 Å². The summed E-state index contributed by atoms with van der Waals surface area (Å²) in [6.45, 7) is 0.182. The van der Waals surface area contributed by atoms with E-state index in [2.05, 4.69) is 10.2 Å². The van der Waals surface area contributed by atoms with Gasteiger partial charge in [-0.2, -0.15) is 5.10 Å². The first-order valence-corrected chi connectivity index (χ1v) is 4.86. The number of likely N-dealkylation sites (tertiary alicyclic amines) is 1. The summed E-state index contributed by atoms with van der Waals surface area (Å²) in [6, 6.07) is 3.23. The van der Waals surface area contributed by atoms with Crippen LogP contribution in [0.3, 0.4) is 0 Å². The van der Waals surface area contributed by atoms with E-state index in [4.69, 9.17) is 11.6 Å². The van der Waals surface area contributed by atoms with Gasteiger partial charge in [0.05, 0.1) is 12.2 Å². The predicted octanol–water partition coefficient (Wildman–Crippen LogP) is 0.779. The van der Waals surface area contributed by atoms with E-state index >= 15 is 0 Å². The highest BCUT2D eigenvalue weighted by atomic mass is 35.5. The lowest BCUT2D eigenvalue weighted by Crippen LogP contribution is -2.28. The Morgan fingerprint density at radius 3 is 2.40 bits per heavy atom. The molecule has 1 saturated heterocycles. The molecule has 6 heteroatoms. The molecular weight excluding hydrogens is 218 g/mol. The summed E-state index contributed by atoms with van der Waals surface area (Å²) < 4.78 is 0. The van der Waals surface area contributed by atoms with Gasteiger partial charge in [-0.15, -0.1) is 5.10 Å². The molecule has 1 aliphatic heterocycles. The summed E-state index contributed by atoms with van der Waals surface area (Å²) in [4.78, 5) is 23.8. The first kappa shape index (κ1) is 10.0. The molecule has 2 rings (SSSR count). The van der Waals surface area contributed by atoms with Gasteiger partial charge in [-0.25, -0.2) is 0 Å². The van der Waals surface area contributed by atoms with Crippen LogP contribution in [-0.4, -0.2) is 26.9 Å². The number of hydrogen-bond donors (Lipinski definition) is 0. The lowest BCUT2D eigenvalue weighted by atomic mass is 10.3. The van der Waals surface area contributed by atoms with Gasteiger partial charge in [0.2, 0.25) is 11.8 Å². The molecule has 0 radical (unpaired) electrons. The van der Waals surface area contributed by atoms with E-state index in [-0.39, 0.29) is 23.5 Å². The molecule has 1 aliphatic rings. The molecule has 2 amide bonds. The largest absolute Gasteiger partial charge is 0.276 e. The van der Waals surface area contributed by atoms with Crippen LogP contribution in [0, 0.1) is 0 Å². The molecule has 0 saturated carbocycles. The maximum absolute atomic E-state index is 11.3. The fraction of sp³-hybridized carbons (Fsp3) is 0.333. The second kappa shape index (κ2) is 3.94. The van der Waals surface area contributed by atoms with Gasteiger partial charge in [-0.3, -0.25) is 14.5 Å². The van der Waals surface area contributed by atoms with Crippen molar-refractivity contribution in [2.75, 3.05) is 0 Å². The molecule has 0 bridgehead atoms. The maximum Gasteiger partial charge on any atom is 0.230 e. The first-order valence-electron chi connectivity index (χ1n) is 4.48. The molecule has 0 aromatic carbocycles. The van der Waals surface area contributed by atoms with Gasteiger partial charge in [0.25, 0.3) is 0 Å². The van der Waals surface area contributed by atoms with E-state index in [0.717, 1.165) is 0 Å². The summed E-state index contributed by atoms with van der Waals surface area (Å²) in [6.07, 6.45) is 0.583. The first-order chi connectivity index (χ1) is 7.16. The molecule has 2 heterocycles. The fourth-order valence-electron chi connectivity index (χ4n) is 1.39. The number of imide groups is 1. The highest BCUT2D eigenvalue weighted by Gasteiger charge is 2.28. The van der Waals surface area contributed by atoms with Gasteiger partial charge >= 0.3 is 0 Å². The Kier molecular flexibility index (Phi) is 2.64. The normalized spacial score (nSPS) is 16.2. The van der Waals surface area contributed by atoms with Crippen molar-refractivity contribution in [3.63, 3.8) is 0 Å². The second-order valence-corrected chi connectivity index (χ2v) is 3.61. The molecular formula is C9H8ClN3O2. The number of carbonyl (C=O) groups excluding carboxylic acids is 2. The highest BCUT2D eigenvalue weighted by molar-refractivity contribution is 6.29. The van der Waals surface area contributed by atoms with Crippen LogP contribution in [0.25, 0.3) is 0 Å². The summed E-state index contributed by atoms with van der Waals surface area (Å²) in [5.74, 6) is -0.312. The van der Waals surface area contributed by atoms with Crippen LogP contribution in [0.5, 0.6) is 0 Å². The minimum Gasteiger partial charge on any atom is -0.276 e. The zero-order chi connectivity index (χ0) is 10.8. The average molecular weight is 226 g/mol. The van der Waals surface area contributed by atoms with Crippen molar-refractivity contribution in [3.8, 4) is 0 Å².